The van der Waals surface area contributed by atoms with Crippen LogP contribution in [0.15, 0.2) is 28.7 Å². The number of hydrogen-bond donors (Lipinski definition) is 2. The van der Waals surface area contributed by atoms with Crippen molar-refractivity contribution in [1.82, 2.24) is 5.32 Å². The van der Waals surface area contributed by atoms with Crippen molar-refractivity contribution in [2.45, 2.75) is 6.18 Å². The smallest absolute Gasteiger partial charge is 0.433 e. The van der Waals surface area contributed by atoms with Gasteiger partial charge in [0.2, 0.25) is 0 Å². The number of carboxylic acid groups (broad SMARTS) is 1. The lowest BCUT2D eigenvalue weighted by Gasteiger charge is -2.13. The number of aliphatic carboxylic acids is 1. The van der Waals surface area contributed by atoms with Gasteiger partial charge in [0.1, 0.15) is 11.8 Å². The van der Waals surface area contributed by atoms with E-state index in [1.54, 1.807) is 0 Å². The van der Waals surface area contributed by atoms with E-state index in [4.69, 9.17) is 10.4 Å². The molecule has 0 atom stereocenters. The van der Waals surface area contributed by atoms with E-state index in [1.807, 2.05) is 0 Å². The highest BCUT2D eigenvalue weighted by Gasteiger charge is 2.35. The number of rotatable bonds is 1. The quantitative estimate of drug-likeness (QED) is 0.519. The van der Waals surface area contributed by atoms with Gasteiger partial charge in [-0.25, -0.2) is 9.79 Å². The lowest BCUT2D eigenvalue weighted by molar-refractivity contribution is -0.132. The highest BCUT2D eigenvalue weighted by molar-refractivity contribution is 6.01. The van der Waals surface area contributed by atoms with E-state index in [9.17, 15) is 18.0 Å². The van der Waals surface area contributed by atoms with Crippen molar-refractivity contribution in [3.8, 4) is 6.07 Å². The van der Waals surface area contributed by atoms with Crippen molar-refractivity contribution in [3.63, 3.8) is 0 Å². The molecule has 0 saturated carbocycles. The van der Waals surface area contributed by atoms with E-state index in [-0.39, 0.29) is 0 Å². The van der Waals surface area contributed by atoms with Gasteiger partial charge in [0, 0.05) is 6.20 Å². The first kappa shape index (κ1) is 11.8. The van der Waals surface area contributed by atoms with Crippen LogP contribution in [-0.4, -0.2) is 23.0 Å². The van der Waals surface area contributed by atoms with Crippen LogP contribution in [0.5, 0.6) is 0 Å². The Kier molecular flexibility index (Phi) is 2.99. The standard InChI is InChI=1S/C8H4F3N3O2/c9-8(10,11)5-1-2-13-6(14-5)4(3-12)7(15)16/h1-2,13H,(H,15,16)/b6-4-. The second kappa shape index (κ2) is 4.06. The minimum absolute atomic E-state index is 0.634. The van der Waals surface area contributed by atoms with Gasteiger partial charge in [-0.15, -0.1) is 0 Å². The van der Waals surface area contributed by atoms with Crippen molar-refractivity contribution in [1.29, 1.82) is 5.26 Å². The molecule has 8 heteroatoms. The first-order valence-corrected chi connectivity index (χ1v) is 3.83. The summed E-state index contributed by atoms with van der Waals surface area (Å²) in [6.45, 7) is 0. The fourth-order valence-electron chi connectivity index (χ4n) is 0.878. The molecule has 1 rings (SSSR count). The van der Waals surface area contributed by atoms with E-state index < -0.39 is 29.3 Å². The zero-order chi connectivity index (χ0) is 12.3. The highest BCUT2D eigenvalue weighted by atomic mass is 19.4. The Morgan fingerprint density at radius 1 is 1.56 bits per heavy atom. The van der Waals surface area contributed by atoms with Crippen molar-refractivity contribution in [2.24, 2.45) is 4.99 Å². The van der Waals surface area contributed by atoms with Crippen molar-refractivity contribution < 1.29 is 23.1 Å². The van der Waals surface area contributed by atoms with Gasteiger partial charge in [-0.1, -0.05) is 0 Å². The van der Waals surface area contributed by atoms with Gasteiger partial charge in [-0.3, -0.25) is 0 Å². The predicted octanol–water partition coefficient (Wildman–Crippen LogP) is 0.926. The molecular formula is C8H4F3N3O2. The number of carboxylic acids is 1. The molecule has 0 fully saturated rings. The monoisotopic (exact) mass is 231 g/mol. The Morgan fingerprint density at radius 3 is 2.62 bits per heavy atom. The number of halogens is 3. The molecule has 0 aliphatic carbocycles. The summed E-state index contributed by atoms with van der Waals surface area (Å²) in [5.41, 5.74) is -2.15. The molecule has 16 heavy (non-hydrogen) atoms. The summed E-state index contributed by atoms with van der Waals surface area (Å²) in [5.74, 6) is -2.28. The average Bonchev–Trinajstić information content (AvgIpc) is 2.17. The van der Waals surface area contributed by atoms with Gasteiger partial charge in [-0.05, 0) is 6.08 Å². The molecule has 0 aromatic rings. The molecule has 0 radical (unpaired) electrons. The van der Waals surface area contributed by atoms with Gasteiger partial charge in [0.05, 0.1) is 0 Å². The van der Waals surface area contributed by atoms with E-state index in [2.05, 4.69) is 10.3 Å². The molecule has 0 aromatic heterocycles. The minimum atomic E-state index is -4.69. The maximum Gasteiger partial charge on any atom is 0.433 e. The van der Waals surface area contributed by atoms with Gasteiger partial charge >= 0.3 is 12.1 Å². The maximum absolute atomic E-state index is 12.2. The Labute approximate surface area is 87.2 Å². The Balaban J connectivity index is 3.23. The molecule has 0 aromatic carbocycles. The molecule has 1 aliphatic rings. The number of allylic oxidation sites excluding steroid dienone is 1. The third kappa shape index (κ3) is 2.38. The van der Waals surface area contributed by atoms with Crippen LogP contribution in [0.4, 0.5) is 13.2 Å². The Bertz CT molecular complexity index is 454. The number of hydrogen-bond acceptors (Lipinski definition) is 4. The fourth-order valence-corrected chi connectivity index (χ4v) is 0.878. The zero-order valence-corrected chi connectivity index (χ0v) is 7.54. The van der Waals surface area contributed by atoms with Crippen LogP contribution in [0.2, 0.25) is 0 Å². The van der Waals surface area contributed by atoms with Crippen LogP contribution in [0.1, 0.15) is 0 Å². The lowest BCUT2D eigenvalue weighted by atomic mass is 10.2. The molecule has 2 N–H and O–H groups in total. The first-order valence-electron chi connectivity index (χ1n) is 3.83. The number of nitrogens with one attached hydrogen (secondary N) is 1. The summed E-state index contributed by atoms with van der Waals surface area (Å²) in [4.78, 5) is 13.5. The van der Waals surface area contributed by atoms with Gasteiger partial charge < -0.3 is 10.4 Å². The Morgan fingerprint density at radius 2 is 2.19 bits per heavy atom. The summed E-state index contributed by atoms with van der Waals surface area (Å²) in [7, 11) is 0. The molecule has 5 nitrogen and oxygen atoms in total. The molecular weight excluding hydrogens is 227 g/mol. The highest BCUT2D eigenvalue weighted by Crippen LogP contribution is 2.21. The molecule has 84 valence electrons. The van der Waals surface area contributed by atoms with Crippen molar-refractivity contribution >= 4 is 11.7 Å². The summed E-state index contributed by atoms with van der Waals surface area (Å²) in [6, 6.07) is 1.25. The van der Waals surface area contributed by atoms with Crippen molar-refractivity contribution in [3.05, 3.63) is 23.7 Å². The predicted molar refractivity (Wildman–Crippen MR) is 46.0 cm³/mol. The molecule has 1 heterocycles. The van der Waals surface area contributed by atoms with Crippen LogP contribution >= 0.6 is 0 Å². The summed E-state index contributed by atoms with van der Waals surface area (Å²) < 4.78 is 36.7. The maximum atomic E-state index is 12.2. The van der Waals surface area contributed by atoms with E-state index in [0.717, 1.165) is 6.20 Å². The van der Waals surface area contributed by atoms with Crippen LogP contribution < -0.4 is 5.32 Å². The number of aliphatic imine (C=N–C) groups is 1. The molecule has 0 bridgehead atoms. The number of nitriles is 1. The third-order valence-corrected chi connectivity index (χ3v) is 1.55. The molecule has 0 spiro atoms. The fraction of sp³-hybridized carbons (Fsp3) is 0.125. The summed E-state index contributed by atoms with van der Waals surface area (Å²) in [6.07, 6.45) is -3.19. The van der Waals surface area contributed by atoms with Crippen LogP contribution in [0.3, 0.4) is 0 Å². The van der Waals surface area contributed by atoms with Gasteiger partial charge in [0.25, 0.3) is 0 Å². The number of alkyl halides is 3. The van der Waals surface area contributed by atoms with Gasteiger partial charge in [-0.2, -0.15) is 18.4 Å². The molecule has 0 saturated heterocycles. The summed E-state index contributed by atoms with van der Waals surface area (Å²) >= 11 is 0. The average molecular weight is 231 g/mol. The number of nitrogens with zero attached hydrogens (tertiary/aromatic N) is 2. The second-order valence-electron chi connectivity index (χ2n) is 2.61. The summed E-state index contributed by atoms with van der Waals surface area (Å²) in [5, 5.41) is 19.1. The first-order chi connectivity index (χ1) is 7.36. The largest absolute Gasteiger partial charge is 0.477 e. The third-order valence-electron chi connectivity index (χ3n) is 1.55. The number of carbonyl (C=O) groups is 1. The molecule has 1 aliphatic heterocycles. The molecule has 0 unspecified atom stereocenters. The molecule has 0 amide bonds. The van der Waals surface area contributed by atoms with E-state index in [1.165, 1.54) is 6.07 Å². The van der Waals surface area contributed by atoms with Gasteiger partial charge in [0.15, 0.2) is 11.4 Å². The minimum Gasteiger partial charge on any atom is -0.477 e. The van der Waals surface area contributed by atoms with Crippen molar-refractivity contribution in [2.75, 3.05) is 0 Å². The lowest BCUT2D eigenvalue weighted by Crippen LogP contribution is -2.26. The Hall–Kier alpha value is -2.30. The van der Waals surface area contributed by atoms with Crippen LogP contribution in [-0.2, 0) is 4.79 Å². The normalized spacial score (nSPS) is 18.2. The van der Waals surface area contributed by atoms with Crippen LogP contribution in [0, 0.1) is 11.3 Å². The zero-order valence-electron chi connectivity index (χ0n) is 7.54. The van der Waals surface area contributed by atoms with E-state index in [0.29, 0.717) is 6.08 Å². The SMILES string of the molecule is N#C/C(C(=O)O)=C1/N=C(C(F)(F)F)C=CN1. The van der Waals surface area contributed by atoms with E-state index >= 15 is 0 Å². The van der Waals surface area contributed by atoms with Crippen LogP contribution in [0.25, 0.3) is 0 Å². The topological polar surface area (TPSA) is 85.5 Å². The second-order valence-corrected chi connectivity index (χ2v) is 2.61.